The molecule has 2 amide bonds. The van der Waals surface area contributed by atoms with E-state index in [-0.39, 0.29) is 29.7 Å². The summed E-state index contributed by atoms with van der Waals surface area (Å²) in [6.45, 7) is 5.87. The summed E-state index contributed by atoms with van der Waals surface area (Å²) in [6.07, 6.45) is 0.247. The van der Waals surface area contributed by atoms with Crippen LogP contribution >= 0.6 is 0 Å². The lowest BCUT2D eigenvalue weighted by atomic mass is 10.0. The molecule has 236 valence electrons. The van der Waals surface area contributed by atoms with Gasteiger partial charge in [0.1, 0.15) is 18.3 Å². The van der Waals surface area contributed by atoms with E-state index in [1.54, 1.807) is 55.6 Å². The molecule has 8 nitrogen and oxygen atoms in total. The molecule has 0 fully saturated rings. The Morgan fingerprint density at radius 2 is 1.44 bits per heavy atom. The Balaban J connectivity index is 1.79. The maximum atomic E-state index is 14.5. The first kappa shape index (κ1) is 33.3. The molecule has 0 spiro atoms. The van der Waals surface area contributed by atoms with Crippen LogP contribution in [-0.2, 0) is 32.6 Å². The van der Waals surface area contributed by atoms with Crippen LogP contribution in [0.15, 0.2) is 114 Å². The number of aryl methyl sites for hydroxylation is 1. The number of amides is 2. The predicted molar refractivity (Wildman–Crippen MR) is 177 cm³/mol. The standard InChI is InChI=1S/C36H41N3O5S/c1-27(2)24-37-36(41)34(23-29-12-7-5-8-13-29)38(25-30-14-11-17-32(22-30)44-4)35(40)26-39(31-15-9-6-10-16-31)45(42,43)33-20-18-28(3)19-21-33/h5-22,27,34H,23-26H2,1-4H3,(H,37,41). The molecule has 0 saturated carbocycles. The van der Waals surface area contributed by atoms with Crippen molar-refractivity contribution in [3.8, 4) is 5.75 Å². The van der Waals surface area contributed by atoms with Crippen molar-refractivity contribution in [2.45, 2.75) is 44.7 Å². The molecule has 0 aliphatic heterocycles. The topological polar surface area (TPSA) is 96.0 Å². The lowest BCUT2D eigenvalue weighted by molar-refractivity contribution is -0.140. The Labute approximate surface area is 266 Å². The van der Waals surface area contributed by atoms with E-state index in [9.17, 15) is 18.0 Å². The fourth-order valence-corrected chi connectivity index (χ4v) is 6.32. The summed E-state index contributed by atoms with van der Waals surface area (Å²) in [7, 11) is -2.58. The summed E-state index contributed by atoms with van der Waals surface area (Å²) in [4.78, 5) is 29.9. The quantitative estimate of drug-likeness (QED) is 0.196. The predicted octanol–water partition coefficient (Wildman–Crippen LogP) is 5.61. The van der Waals surface area contributed by atoms with Crippen LogP contribution in [-0.4, -0.2) is 51.4 Å². The summed E-state index contributed by atoms with van der Waals surface area (Å²) < 4.78 is 34.7. The highest BCUT2D eigenvalue weighted by Gasteiger charge is 2.34. The van der Waals surface area contributed by atoms with E-state index < -0.39 is 28.5 Å². The van der Waals surface area contributed by atoms with Crippen LogP contribution < -0.4 is 14.4 Å². The smallest absolute Gasteiger partial charge is 0.264 e. The number of hydrogen-bond donors (Lipinski definition) is 1. The van der Waals surface area contributed by atoms with Gasteiger partial charge in [-0.25, -0.2) is 8.42 Å². The molecule has 0 saturated heterocycles. The maximum absolute atomic E-state index is 14.5. The minimum absolute atomic E-state index is 0.0653. The number of methoxy groups -OCH3 is 1. The second-order valence-electron chi connectivity index (χ2n) is 11.4. The lowest BCUT2D eigenvalue weighted by Gasteiger charge is -2.34. The number of nitrogens with zero attached hydrogens (tertiary/aromatic N) is 2. The Morgan fingerprint density at radius 3 is 2.07 bits per heavy atom. The number of carbonyl (C=O) groups is 2. The van der Waals surface area contributed by atoms with Crippen molar-refractivity contribution in [3.63, 3.8) is 0 Å². The third-order valence-electron chi connectivity index (χ3n) is 7.37. The molecule has 1 atom stereocenters. The monoisotopic (exact) mass is 627 g/mol. The zero-order valence-corrected chi connectivity index (χ0v) is 27.0. The van der Waals surface area contributed by atoms with Crippen LogP contribution in [0, 0.1) is 12.8 Å². The molecule has 9 heteroatoms. The number of benzene rings is 4. The van der Waals surface area contributed by atoms with Gasteiger partial charge in [-0.15, -0.1) is 0 Å². The number of hydrogen-bond acceptors (Lipinski definition) is 5. The third-order valence-corrected chi connectivity index (χ3v) is 9.16. The number of anilines is 1. The third kappa shape index (κ3) is 8.95. The van der Waals surface area contributed by atoms with Gasteiger partial charge >= 0.3 is 0 Å². The van der Waals surface area contributed by atoms with Gasteiger partial charge in [0, 0.05) is 19.5 Å². The van der Waals surface area contributed by atoms with E-state index in [4.69, 9.17) is 4.74 Å². The van der Waals surface area contributed by atoms with Gasteiger partial charge < -0.3 is 15.0 Å². The van der Waals surface area contributed by atoms with Crippen LogP contribution in [0.1, 0.15) is 30.5 Å². The normalized spacial score (nSPS) is 11.9. The van der Waals surface area contributed by atoms with Gasteiger partial charge in [-0.3, -0.25) is 13.9 Å². The fraction of sp³-hybridized carbons (Fsp3) is 0.278. The Morgan fingerprint density at radius 1 is 0.822 bits per heavy atom. The SMILES string of the molecule is COc1cccc(CN(C(=O)CN(c2ccccc2)S(=O)(=O)c2ccc(C)cc2)C(Cc2ccccc2)C(=O)NCC(C)C)c1. The number of rotatable bonds is 14. The molecule has 0 heterocycles. The molecule has 0 aromatic heterocycles. The number of carbonyl (C=O) groups excluding carboxylic acids is 2. The van der Waals surface area contributed by atoms with Crippen molar-refractivity contribution in [2.24, 2.45) is 5.92 Å². The van der Waals surface area contributed by atoms with E-state index >= 15 is 0 Å². The van der Waals surface area contributed by atoms with E-state index in [1.165, 1.54) is 17.0 Å². The highest BCUT2D eigenvalue weighted by molar-refractivity contribution is 7.92. The molecule has 4 aromatic carbocycles. The number of nitrogens with one attached hydrogen (secondary N) is 1. The minimum Gasteiger partial charge on any atom is -0.497 e. The number of para-hydroxylation sites is 1. The van der Waals surface area contributed by atoms with Crippen molar-refractivity contribution in [1.29, 1.82) is 0 Å². The van der Waals surface area contributed by atoms with Gasteiger partial charge in [0.15, 0.2) is 0 Å². The van der Waals surface area contributed by atoms with Gasteiger partial charge in [0.25, 0.3) is 10.0 Å². The first-order valence-electron chi connectivity index (χ1n) is 15.0. The summed E-state index contributed by atoms with van der Waals surface area (Å²) in [5, 5.41) is 3.00. The molecular weight excluding hydrogens is 586 g/mol. The molecule has 4 aromatic rings. The molecule has 1 N–H and O–H groups in total. The van der Waals surface area contributed by atoms with Crippen molar-refractivity contribution in [3.05, 3.63) is 126 Å². The molecule has 1 unspecified atom stereocenters. The summed E-state index contributed by atoms with van der Waals surface area (Å²) in [6, 6.07) is 30.9. The average Bonchev–Trinajstić information content (AvgIpc) is 3.05. The maximum Gasteiger partial charge on any atom is 0.264 e. The van der Waals surface area contributed by atoms with Gasteiger partial charge in [-0.2, -0.15) is 0 Å². The van der Waals surface area contributed by atoms with E-state index in [1.807, 2.05) is 69.3 Å². The Kier molecular flexibility index (Phi) is 11.4. The van der Waals surface area contributed by atoms with Crippen LogP contribution in [0.3, 0.4) is 0 Å². The Bertz CT molecular complexity index is 1660. The summed E-state index contributed by atoms with van der Waals surface area (Å²) in [5.74, 6) is -0.0202. The largest absolute Gasteiger partial charge is 0.497 e. The molecule has 4 rings (SSSR count). The average molecular weight is 628 g/mol. The van der Waals surface area contributed by atoms with E-state index in [2.05, 4.69) is 5.32 Å². The van der Waals surface area contributed by atoms with Gasteiger partial charge in [-0.05, 0) is 60.4 Å². The fourth-order valence-electron chi connectivity index (χ4n) is 4.90. The van der Waals surface area contributed by atoms with Gasteiger partial charge in [0.05, 0.1) is 17.7 Å². The van der Waals surface area contributed by atoms with Crippen LogP contribution in [0.25, 0.3) is 0 Å². The lowest BCUT2D eigenvalue weighted by Crippen LogP contribution is -2.53. The molecule has 0 aliphatic carbocycles. The summed E-state index contributed by atoms with van der Waals surface area (Å²) in [5.41, 5.74) is 2.87. The first-order chi connectivity index (χ1) is 21.6. The van der Waals surface area contributed by atoms with Crippen LogP contribution in [0.2, 0.25) is 0 Å². The Hall–Kier alpha value is -4.63. The zero-order valence-electron chi connectivity index (χ0n) is 26.2. The van der Waals surface area contributed by atoms with Crippen LogP contribution in [0.4, 0.5) is 5.69 Å². The number of ether oxygens (including phenoxy) is 1. The van der Waals surface area contributed by atoms with Crippen molar-refractivity contribution >= 4 is 27.5 Å². The van der Waals surface area contributed by atoms with Crippen LogP contribution in [0.5, 0.6) is 5.75 Å². The van der Waals surface area contributed by atoms with E-state index in [0.717, 1.165) is 21.0 Å². The van der Waals surface area contributed by atoms with Gasteiger partial charge in [-0.1, -0.05) is 92.2 Å². The molecular formula is C36H41N3O5S. The highest BCUT2D eigenvalue weighted by Crippen LogP contribution is 2.25. The second kappa shape index (κ2) is 15.4. The van der Waals surface area contributed by atoms with Crippen molar-refractivity contribution in [1.82, 2.24) is 10.2 Å². The first-order valence-corrected chi connectivity index (χ1v) is 16.4. The van der Waals surface area contributed by atoms with E-state index in [0.29, 0.717) is 18.0 Å². The molecule has 0 bridgehead atoms. The number of sulfonamides is 1. The minimum atomic E-state index is -4.14. The van der Waals surface area contributed by atoms with Gasteiger partial charge in [0.2, 0.25) is 11.8 Å². The molecule has 0 aliphatic rings. The molecule has 0 radical (unpaired) electrons. The zero-order chi connectivity index (χ0) is 32.4. The van der Waals surface area contributed by atoms with Crippen molar-refractivity contribution < 1.29 is 22.7 Å². The molecule has 45 heavy (non-hydrogen) atoms. The summed E-state index contributed by atoms with van der Waals surface area (Å²) >= 11 is 0. The van der Waals surface area contributed by atoms with Crippen molar-refractivity contribution in [2.75, 3.05) is 24.5 Å². The second-order valence-corrected chi connectivity index (χ2v) is 13.2. The highest BCUT2D eigenvalue weighted by atomic mass is 32.2.